The number of hydrogen-bond acceptors (Lipinski definition) is 3. The van der Waals surface area contributed by atoms with Crippen molar-refractivity contribution in [3.05, 3.63) is 64.7 Å². The topological polar surface area (TPSA) is 45.1 Å². The highest BCUT2D eigenvalue weighted by Gasteiger charge is 2.14. The molecule has 0 radical (unpaired) electrons. The van der Waals surface area contributed by atoms with Crippen molar-refractivity contribution in [1.82, 2.24) is 10.3 Å². The first-order chi connectivity index (χ1) is 9.58. The van der Waals surface area contributed by atoms with Crippen molar-refractivity contribution < 1.29 is 9.50 Å². The average Bonchev–Trinajstić information content (AvgIpc) is 2.45. The van der Waals surface area contributed by atoms with Crippen LogP contribution in [0.2, 0.25) is 5.15 Å². The molecule has 0 aliphatic heterocycles. The minimum atomic E-state index is -0.893. The van der Waals surface area contributed by atoms with Gasteiger partial charge in [-0.1, -0.05) is 29.8 Å². The number of rotatable bonds is 5. The maximum atomic E-state index is 13.5. The molecule has 2 unspecified atom stereocenters. The van der Waals surface area contributed by atoms with E-state index in [0.717, 1.165) is 5.56 Å². The highest BCUT2D eigenvalue weighted by atomic mass is 35.5. The number of pyridine rings is 1. The Morgan fingerprint density at radius 1 is 1.35 bits per heavy atom. The van der Waals surface area contributed by atoms with E-state index in [9.17, 15) is 9.50 Å². The fourth-order valence-corrected chi connectivity index (χ4v) is 2.13. The number of nitrogens with zero attached hydrogens (tertiary/aromatic N) is 1. The Kier molecular flexibility index (Phi) is 5.06. The van der Waals surface area contributed by atoms with E-state index in [0.29, 0.717) is 10.7 Å². The lowest BCUT2D eigenvalue weighted by molar-refractivity contribution is 0.166. The standard InChI is InChI=1S/C15H16ClFN2O/c1-10(11-6-7-18-15(16)8-11)19-9-14(20)12-4-2-3-5-13(12)17/h2-8,10,14,19-20H,9H2,1H3. The zero-order valence-corrected chi connectivity index (χ0v) is 11.8. The van der Waals surface area contributed by atoms with Crippen LogP contribution in [0.4, 0.5) is 4.39 Å². The average molecular weight is 295 g/mol. The van der Waals surface area contributed by atoms with Gasteiger partial charge >= 0.3 is 0 Å². The summed E-state index contributed by atoms with van der Waals surface area (Å²) in [5.74, 6) is -0.401. The third-order valence-corrected chi connectivity index (χ3v) is 3.34. The Morgan fingerprint density at radius 3 is 2.80 bits per heavy atom. The Labute approximate surface area is 122 Å². The van der Waals surface area contributed by atoms with Gasteiger partial charge in [0, 0.05) is 24.3 Å². The second-order valence-corrected chi connectivity index (χ2v) is 4.97. The Hall–Kier alpha value is -1.49. The van der Waals surface area contributed by atoms with E-state index in [-0.39, 0.29) is 12.6 Å². The first-order valence-corrected chi connectivity index (χ1v) is 6.73. The molecule has 2 aromatic rings. The van der Waals surface area contributed by atoms with Crippen molar-refractivity contribution in [2.45, 2.75) is 19.1 Å². The minimum absolute atomic E-state index is 0.0167. The van der Waals surface area contributed by atoms with Gasteiger partial charge in [-0.15, -0.1) is 0 Å². The fourth-order valence-electron chi connectivity index (χ4n) is 1.95. The summed E-state index contributed by atoms with van der Waals surface area (Å²) in [6.45, 7) is 2.20. The molecule has 0 bridgehead atoms. The Bertz CT molecular complexity index is 579. The number of aliphatic hydroxyl groups is 1. The number of halogens is 2. The highest BCUT2D eigenvalue weighted by Crippen LogP contribution is 2.19. The maximum absolute atomic E-state index is 13.5. The van der Waals surface area contributed by atoms with Crippen LogP contribution in [0.5, 0.6) is 0 Å². The summed E-state index contributed by atoms with van der Waals surface area (Å²) in [6.07, 6.45) is 0.735. The third-order valence-electron chi connectivity index (χ3n) is 3.13. The lowest BCUT2D eigenvalue weighted by Gasteiger charge is -2.18. The van der Waals surface area contributed by atoms with Crippen LogP contribution in [-0.2, 0) is 0 Å². The maximum Gasteiger partial charge on any atom is 0.129 e. The number of nitrogens with one attached hydrogen (secondary N) is 1. The molecule has 0 saturated carbocycles. The fraction of sp³-hybridized carbons (Fsp3) is 0.267. The molecule has 1 aromatic heterocycles. The lowest BCUT2D eigenvalue weighted by Crippen LogP contribution is -2.25. The van der Waals surface area contributed by atoms with E-state index in [1.54, 1.807) is 30.5 Å². The summed E-state index contributed by atoms with van der Waals surface area (Å²) in [7, 11) is 0. The van der Waals surface area contributed by atoms with Crippen molar-refractivity contribution >= 4 is 11.6 Å². The normalized spacial score (nSPS) is 14.0. The number of aliphatic hydroxyl groups excluding tert-OH is 1. The smallest absolute Gasteiger partial charge is 0.129 e. The predicted molar refractivity (Wildman–Crippen MR) is 77.0 cm³/mol. The number of hydrogen-bond donors (Lipinski definition) is 2. The van der Waals surface area contributed by atoms with Gasteiger partial charge in [-0.3, -0.25) is 0 Å². The zero-order chi connectivity index (χ0) is 14.5. The Balaban J connectivity index is 1.97. The first kappa shape index (κ1) is 14.9. The summed E-state index contributed by atoms with van der Waals surface area (Å²) in [5, 5.41) is 13.6. The van der Waals surface area contributed by atoms with Crippen LogP contribution in [-0.4, -0.2) is 16.6 Å². The van der Waals surface area contributed by atoms with Gasteiger partial charge in [-0.05, 0) is 30.7 Å². The molecule has 1 aromatic carbocycles. The van der Waals surface area contributed by atoms with E-state index in [4.69, 9.17) is 11.6 Å². The second kappa shape index (κ2) is 6.79. The van der Waals surface area contributed by atoms with Crippen molar-refractivity contribution in [3.63, 3.8) is 0 Å². The van der Waals surface area contributed by atoms with Gasteiger partial charge in [0.2, 0.25) is 0 Å². The molecule has 0 aliphatic rings. The van der Waals surface area contributed by atoms with Gasteiger partial charge in [0.25, 0.3) is 0 Å². The zero-order valence-electron chi connectivity index (χ0n) is 11.1. The minimum Gasteiger partial charge on any atom is -0.387 e. The van der Waals surface area contributed by atoms with Crippen molar-refractivity contribution in [2.24, 2.45) is 0 Å². The molecule has 106 valence electrons. The molecule has 3 nitrogen and oxygen atoms in total. The summed E-state index contributed by atoms with van der Waals surface area (Å²) < 4.78 is 13.5. The Morgan fingerprint density at radius 2 is 2.10 bits per heavy atom. The van der Waals surface area contributed by atoms with Crippen LogP contribution >= 0.6 is 11.6 Å². The molecule has 1 heterocycles. The molecule has 0 spiro atoms. The van der Waals surface area contributed by atoms with Gasteiger partial charge in [-0.2, -0.15) is 0 Å². The SMILES string of the molecule is CC(NCC(O)c1ccccc1F)c1ccnc(Cl)c1. The van der Waals surface area contributed by atoms with E-state index in [2.05, 4.69) is 10.3 Å². The van der Waals surface area contributed by atoms with Crippen LogP contribution in [0.25, 0.3) is 0 Å². The molecular formula is C15H16ClFN2O. The van der Waals surface area contributed by atoms with Gasteiger partial charge in [-0.25, -0.2) is 9.37 Å². The molecule has 0 saturated heterocycles. The summed E-state index contributed by atoms with van der Waals surface area (Å²) in [6, 6.07) is 9.80. The van der Waals surface area contributed by atoms with Gasteiger partial charge in [0.1, 0.15) is 11.0 Å². The highest BCUT2D eigenvalue weighted by molar-refractivity contribution is 6.29. The van der Waals surface area contributed by atoms with Crippen LogP contribution in [0.3, 0.4) is 0 Å². The molecule has 5 heteroatoms. The van der Waals surface area contributed by atoms with Crippen LogP contribution in [0, 0.1) is 5.82 Å². The molecule has 0 amide bonds. The molecular weight excluding hydrogens is 279 g/mol. The van der Waals surface area contributed by atoms with Gasteiger partial charge in [0.05, 0.1) is 6.10 Å². The molecule has 20 heavy (non-hydrogen) atoms. The predicted octanol–water partition coefficient (Wildman–Crippen LogP) is 3.26. The third kappa shape index (κ3) is 3.76. The van der Waals surface area contributed by atoms with Crippen LogP contribution in [0.1, 0.15) is 30.2 Å². The summed E-state index contributed by atoms with van der Waals surface area (Å²) >= 11 is 5.83. The second-order valence-electron chi connectivity index (χ2n) is 4.58. The largest absolute Gasteiger partial charge is 0.387 e. The lowest BCUT2D eigenvalue weighted by atomic mass is 10.1. The van der Waals surface area contributed by atoms with Crippen molar-refractivity contribution in [2.75, 3.05) is 6.54 Å². The van der Waals surface area contributed by atoms with E-state index in [1.807, 2.05) is 13.0 Å². The summed E-state index contributed by atoms with van der Waals surface area (Å²) in [5.41, 5.74) is 1.26. The molecule has 0 aliphatic carbocycles. The number of benzene rings is 1. The molecule has 2 rings (SSSR count). The first-order valence-electron chi connectivity index (χ1n) is 6.35. The summed E-state index contributed by atoms with van der Waals surface area (Å²) in [4.78, 5) is 3.92. The quantitative estimate of drug-likeness (QED) is 0.832. The van der Waals surface area contributed by atoms with E-state index < -0.39 is 11.9 Å². The molecule has 0 fully saturated rings. The van der Waals surface area contributed by atoms with Crippen LogP contribution in [0.15, 0.2) is 42.6 Å². The van der Waals surface area contributed by atoms with Crippen molar-refractivity contribution in [3.8, 4) is 0 Å². The van der Waals surface area contributed by atoms with Gasteiger partial charge < -0.3 is 10.4 Å². The van der Waals surface area contributed by atoms with Gasteiger partial charge in [0.15, 0.2) is 0 Å². The number of aromatic nitrogens is 1. The van der Waals surface area contributed by atoms with E-state index >= 15 is 0 Å². The van der Waals surface area contributed by atoms with E-state index in [1.165, 1.54) is 6.07 Å². The monoisotopic (exact) mass is 294 g/mol. The van der Waals surface area contributed by atoms with Crippen LogP contribution < -0.4 is 5.32 Å². The van der Waals surface area contributed by atoms with Crippen molar-refractivity contribution in [1.29, 1.82) is 0 Å². The molecule has 2 N–H and O–H groups in total. The molecule has 2 atom stereocenters.